The summed E-state index contributed by atoms with van der Waals surface area (Å²) < 4.78 is 49.4. The second kappa shape index (κ2) is 6.13. The summed E-state index contributed by atoms with van der Waals surface area (Å²) in [5, 5.41) is 0.817. The molecule has 112 valence electrons. The van der Waals surface area contributed by atoms with Crippen LogP contribution in [0.1, 0.15) is 12.0 Å². The fraction of sp³-hybridized carbons (Fsp3) is 0.500. The summed E-state index contributed by atoms with van der Waals surface area (Å²) in [7, 11) is -6.75. The third-order valence-corrected chi connectivity index (χ3v) is 6.87. The molecule has 0 radical (unpaired) electrons. The molecule has 1 fully saturated rings. The lowest BCUT2D eigenvalue weighted by Crippen LogP contribution is -2.35. The molecule has 8 heteroatoms. The van der Waals surface area contributed by atoms with Gasteiger partial charge in [-0.1, -0.05) is 28.1 Å². The van der Waals surface area contributed by atoms with Crippen molar-refractivity contribution in [1.29, 1.82) is 0 Å². The summed E-state index contributed by atoms with van der Waals surface area (Å²) in [6.45, 7) is 0. The first-order valence-corrected chi connectivity index (χ1v) is 10.6. The van der Waals surface area contributed by atoms with E-state index in [4.69, 9.17) is 0 Å². The van der Waals surface area contributed by atoms with E-state index in [0.717, 1.165) is 17.3 Å². The Bertz CT molecular complexity index is 668. The summed E-state index contributed by atoms with van der Waals surface area (Å²) in [5.74, 6) is -0.0712. The molecular formula is C12H16BrNO4S2. The van der Waals surface area contributed by atoms with Crippen LogP contribution < -0.4 is 4.72 Å². The molecule has 1 aromatic carbocycles. The molecule has 1 heterocycles. The Kier molecular flexibility index (Phi) is 4.88. The summed E-state index contributed by atoms with van der Waals surface area (Å²) in [4.78, 5) is 0.167. The van der Waals surface area contributed by atoms with E-state index in [1.54, 1.807) is 24.3 Å². The lowest BCUT2D eigenvalue weighted by atomic mass is 10.2. The highest BCUT2D eigenvalue weighted by atomic mass is 79.9. The van der Waals surface area contributed by atoms with Crippen molar-refractivity contribution in [1.82, 2.24) is 4.72 Å². The topological polar surface area (TPSA) is 80.3 Å². The molecule has 1 aliphatic heterocycles. The first-order chi connectivity index (χ1) is 9.32. The maximum atomic E-state index is 12.2. The third kappa shape index (κ3) is 4.03. The highest BCUT2D eigenvalue weighted by Crippen LogP contribution is 2.16. The fourth-order valence-corrected chi connectivity index (χ4v) is 5.63. The van der Waals surface area contributed by atoms with E-state index in [2.05, 4.69) is 20.7 Å². The van der Waals surface area contributed by atoms with Crippen molar-refractivity contribution in [3.05, 3.63) is 29.8 Å². The van der Waals surface area contributed by atoms with Gasteiger partial charge in [0, 0.05) is 11.4 Å². The molecule has 0 aliphatic carbocycles. The van der Waals surface area contributed by atoms with Gasteiger partial charge < -0.3 is 0 Å². The SMILES string of the molecule is O=S1(=O)CCC(NS(=O)(=O)c2ccc(CCBr)cc2)C1. The van der Waals surface area contributed by atoms with E-state index in [-0.39, 0.29) is 16.4 Å². The predicted octanol–water partition coefficient (Wildman–Crippen LogP) is 1.09. The van der Waals surface area contributed by atoms with Crippen molar-refractivity contribution >= 4 is 35.8 Å². The van der Waals surface area contributed by atoms with E-state index in [1.165, 1.54) is 0 Å². The summed E-state index contributed by atoms with van der Waals surface area (Å²) in [5.41, 5.74) is 1.05. The van der Waals surface area contributed by atoms with Crippen LogP contribution in [0.3, 0.4) is 0 Å². The number of sulfone groups is 1. The van der Waals surface area contributed by atoms with Gasteiger partial charge >= 0.3 is 0 Å². The number of nitrogens with one attached hydrogen (secondary N) is 1. The monoisotopic (exact) mass is 381 g/mol. The van der Waals surface area contributed by atoms with Crippen LogP contribution in [-0.2, 0) is 26.3 Å². The Hall–Kier alpha value is -0.440. The van der Waals surface area contributed by atoms with E-state index in [9.17, 15) is 16.8 Å². The lowest BCUT2D eigenvalue weighted by Gasteiger charge is -2.11. The molecule has 1 aromatic rings. The lowest BCUT2D eigenvalue weighted by molar-refractivity contribution is 0.562. The van der Waals surface area contributed by atoms with E-state index < -0.39 is 25.9 Å². The van der Waals surface area contributed by atoms with Crippen LogP contribution in [0.15, 0.2) is 29.2 Å². The molecule has 1 unspecified atom stereocenters. The first-order valence-electron chi connectivity index (χ1n) is 6.20. The Morgan fingerprint density at radius 2 is 1.90 bits per heavy atom. The van der Waals surface area contributed by atoms with E-state index >= 15 is 0 Å². The number of aryl methyl sites for hydroxylation is 1. The van der Waals surface area contributed by atoms with Crippen molar-refractivity contribution in [3.8, 4) is 0 Å². The van der Waals surface area contributed by atoms with Gasteiger partial charge in [0.2, 0.25) is 10.0 Å². The van der Waals surface area contributed by atoms with Crippen molar-refractivity contribution in [2.24, 2.45) is 0 Å². The number of alkyl halides is 1. The largest absolute Gasteiger partial charge is 0.240 e. The smallest absolute Gasteiger partial charge is 0.229 e. The molecule has 2 rings (SSSR count). The Balaban J connectivity index is 2.10. The number of hydrogen-bond donors (Lipinski definition) is 1. The van der Waals surface area contributed by atoms with Gasteiger partial charge in [-0.25, -0.2) is 21.6 Å². The van der Waals surface area contributed by atoms with Crippen molar-refractivity contribution in [2.45, 2.75) is 23.8 Å². The van der Waals surface area contributed by atoms with Crippen LogP contribution in [0.2, 0.25) is 0 Å². The molecule has 1 aliphatic rings. The van der Waals surface area contributed by atoms with Gasteiger partial charge in [-0.2, -0.15) is 0 Å². The van der Waals surface area contributed by atoms with Crippen LogP contribution in [0, 0.1) is 0 Å². The van der Waals surface area contributed by atoms with Crippen LogP contribution in [0.25, 0.3) is 0 Å². The zero-order chi connectivity index (χ0) is 14.8. The number of benzene rings is 1. The first kappa shape index (κ1) is 15.9. The zero-order valence-corrected chi connectivity index (χ0v) is 14.0. The molecule has 5 nitrogen and oxygen atoms in total. The van der Waals surface area contributed by atoms with Crippen LogP contribution in [0.4, 0.5) is 0 Å². The molecule has 0 aromatic heterocycles. The van der Waals surface area contributed by atoms with Gasteiger partial charge in [-0.15, -0.1) is 0 Å². The van der Waals surface area contributed by atoms with Crippen molar-refractivity contribution in [3.63, 3.8) is 0 Å². The Morgan fingerprint density at radius 3 is 2.40 bits per heavy atom. The van der Waals surface area contributed by atoms with Gasteiger partial charge in [0.05, 0.1) is 16.4 Å². The van der Waals surface area contributed by atoms with Gasteiger partial charge in [0.15, 0.2) is 9.84 Å². The zero-order valence-electron chi connectivity index (χ0n) is 10.7. The average Bonchev–Trinajstić information content (AvgIpc) is 2.69. The average molecular weight is 382 g/mol. The quantitative estimate of drug-likeness (QED) is 0.774. The fourth-order valence-electron chi connectivity index (χ4n) is 2.12. The van der Waals surface area contributed by atoms with Crippen LogP contribution in [0.5, 0.6) is 0 Å². The minimum absolute atomic E-state index is 0.0460. The summed E-state index contributed by atoms with van der Waals surface area (Å²) in [6, 6.07) is 6.10. The van der Waals surface area contributed by atoms with Gasteiger partial charge in [-0.3, -0.25) is 0 Å². The van der Waals surface area contributed by atoms with Gasteiger partial charge in [0.25, 0.3) is 0 Å². The van der Waals surface area contributed by atoms with E-state index in [0.29, 0.717) is 6.42 Å². The number of hydrogen-bond acceptors (Lipinski definition) is 4. The molecular weight excluding hydrogens is 366 g/mol. The van der Waals surface area contributed by atoms with Crippen molar-refractivity contribution < 1.29 is 16.8 Å². The molecule has 0 spiro atoms. The molecule has 1 atom stereocenters. The number of sulfonamides is 1. The highest BCUT2D eigenvalue weighted by molar-refractivity contribution is 9.09. The van der Waals surface area contributed by atoms with Gasteiger partial charge in [0.1, 0.15) is 0 Å². The van der Waals surface area contributed by atoms with Gasteiger partial charge in [-0.05, 0) is 30.5 Å². The van der Waals surface area contributed by atoms with Crippen LogP contribution >= 0.6 is 15.9 Å². The van der Waals surface area contributed by atoms with E-state index in [1.807, 2.05) is 0 Å². The number of rotatable bonds is 5. The third-order valence-electron chi connectivity index (χ3n) is 3.17. The minimum atomic E-state index is -3.65. The molecule has 1 N–H and O–H groups in total. The number of halogens is 1. The Labute approximate surface area is 127 Å². The minimum Gasteiger partial charge on any atom is -0.229 e. The molecule has 0 amide bonds. The highest BCUT2D eigenvalue weighted by Gasteiger charge is 2.31. The van der Waals surface area contributed by atoms with Crippen molar-refractivity contribution in [2.75, 3.05) is 16.8 Å². The maximum absolute atomic E-state index is 12.2. The molecule has 0 bridgehead atoms. The molecule has 1 saturated heterocycles. The van der Waals surface area contributed by atoms with Crippen LogP contribution in [-0.4, -0.2) is 39.7 Å². The second-order valence-corrected chi connectivity index (χ2v) is 9.54. The predicted molar refractivity (Wildman–Crippen MR) is 81.3 cm³/mol. The normalized spacial score (nSPS) is 21.9. The molecule has 0 saturated carbocycles. The summed E-state index contributed by atoms with van der Waals surface area (Å²) in [6.07, 6.45) is 1.16. The maximum Gasteiger partial charge on any atom is 0.240 e. The molecule has 20 heavy (non-hydrogen) atoms. The standard InChI is InChI=1S/C12H16BrNO4S2/c13-7-5-10-1-3-12(4-2-10)20(17,18)14-11-6-8-19(15,16)9-11/h1-4,11,14H,5-9H2. The second-order valence-electron chi connectivity index (χ2n) is 4.80. The Morgan fingerprint density at radius 1 is 1.25 bits per heavy atom. The summed E-state index contributed by atoms with van der Waals surface area (Å²) >= 11 is 3.33.